The molecule has 2 aromatic carbocycles. The number of ether oxygens (including phenoxy) is 2. The number of nitro groups is 1. The number of para-hydroxylation sites is 2. The van der Waals surface area contributed by atoms with Crippen LogP contribution in [0.25, 0.3) is 0 Å². The molecular weight excluding hydrogens is 474 g/mol. The van der Waals surface area contributed by atoms with E-state index in [-0.39, 0.29) is 11.4 Å². The quantitative estimate of drug-likeness (QED) is 0.365. The topological polar surface area (TPSA) is 103 Å². The molecule has 8 nitrogen and oxygen atoms in total. The van der Waals surface area contributed by atoms with Crippen LogP contribution in [0.5, 0.6) is 11.5 Å². The number of halogens is 2. The Hall–Kier alpha value is -2.46. The maximum atomic E-state index is 11.8. The van der Waals surface area contributed by atoms with Crippen LogP contribution in [-0.4, -0.2) is 30.8 Å². The van der Waals surface area contributed by atoms with Gasteiger partial charge in [-0.05, 0) is 55.6 Å². The lowest BCUT2D eigenvalue weighted by molar-refractivity contribution is -0.385. The first-order valence-corrected chi connectivity index (χ1v) is 8.72. The summed E-state index contributed by atoms with van der Waals surface area (Å²) in [6, 6.07) is 9.34. The third-order valence-corrected chi connectivity index (χ3v) is 4.23. The van der Waals surface area contributed by atoms with Gasteiger partial charge in [-0.15, -0.1) is 0 Å². The van der Waals surface area contributed by atoms with Crippen molar-refractivity contribution in [1.82, 2.24) is 5.43 Å². The predicted octanol–water partition coefficient (Wildman–Crippen LogP) is 3.66. The highest BCUT2D eigenvalue weighted by molar-refractivity contribution is 9.11. The van der Waals surface area contributed by atoms with Gasteiger partial charge in [0.1, 0.15) is 5.75 Å². The molecule has 2 rings (SSSR count). The van der Waals surface area contributed by atoms with E-state index in [9.17, 15) is 14.9 Å². The van der Waals surface area contributed by atoms with Gasteiger partial charge < -0.3 is 9.47 Å². The second-order valence-corrected chi connectivity index (χ2v) is 6.53. The molecule has 0 aliphatic rings. The van der Waals surface area contributed by atoms with E-state index in [1.165, 1.54) is 24.4 Å². The molecule has 0 spiro atoms. The van der Waals surface area contributed by atoms with Gasteiger partial charge in [0.05, 0.1) is 27.2 Å². The number of hydrazone groups is 1. The van der Waals surface area contributed by atoms with E-state index >= 15 is 0 Å². The highest BCUT2D eigenvalue weighted by atomic mass is 79.9. The monoisotopic (exact) mass is 485 g/mol. The number of methoxy groups -OCH3 is 1. The second kappa shape index (κ2) is 9.30. The Morgan fingerprint density at radius 1 is 1.31 bits per heavy atom. The zero-order valence-corrected chi connectivity index (χ0v) is 16.6. The van der Waals surface area contributed by atoms with Crippen molar-refractivity contribution in [3.05, 3.63) is 61.0 Å². The molecule has 10 heteroatoms. The molecule has 0 aliphatic heterocycles. The van der Waals surface area contributed by atoms with E-state index in [0.717, 1.165) is 8.95 Å². The molecule has 26 heavy (non-hydrogen) atoms. The van der Waals surface area contributed by atoms with Crippen molar-refractivity contribution in [3.63, 3.8) is 0 Å². The normalized spacial score (nSPS) is 10.6. The molecule has 0 aromatic heterocycles. The lowest BCUT2D eigenvalue weighted by Crippen LogP contribution is -2.24. The molecular formula is C16H13Br2N3O5. The number of carbonyl (C=O) groups is 1. The summed E-state index contributed by atoms with van der Waals surface area (Å²) in [5.41, 5.74) is 2.79. The molecule has 0 atom stereocenters. The summed E-state index contributed by atoms with van der Waals surface area (Å²) >= 11 is 6.74. The number of nitrogens with one attached hydrogen (secondary N) is 1. The molecule has 0 unspecified atom stereocenters. The fraction of sp³-hybridized carbons (Fsp3) is 0.125. The summed E-state index contributed by atoms with van der Waals surface area (Å²) < 4.78 is 11.8. The summed E-state index contributed by atoms with van der Waals surface area (Å²) in [7, 11) is 1.55. The molecule has 1 amide bonds. The van der Waals surface area contributed by atoms with E-state index in [2.05, 4.69) is 42.4 Å². The Kier molecular flexibility index (Phi) is 7.10. The Bertz CT molecular complexity index is 835. The van der Waals surface area contributed by atoms with Crippen LogP contribution in [0.2, 0.25) is 0 Å². The van der Waals surface area contributed by atoms with E-state index in [1.807, 2.05) is 0 Å². The zero-order chi connectivity index (χ0) is 19.1. The van der Waals surface area contributed by atoms with Crippen molar-refractivity contribution in [1.29, 1.82) is 0 Å². The van der Waals surface area contributed by atoms with Crippen LogP contribution in [-0.2, 0) is 4.79 Å². The number of benzene rings is 2. The summed E-state index contributed by atoms with van der Waals surface area (Å²) in [5, 5.41) is 14.7. The van der Waals surface area contributed by atoms with Crippen LogP contribution >= 0.6 is 31.9 Å². The smallest absolute Gasteiger partial charge is 0.310 e. The first-order chi connectivity index (χ1) is 12.4. The summed E-state index contributed by atoms with van der Waals surface area (Å²) in [5.74, 6) is 0.106. The Balaban J connectivity index is 1.93. The van der Waals surface area contributed by atoms with Gasteiger partial charge in [0.2, 0.25) is 0 Å². The van der Waals surface area contributed by atoms with E-state index in [4.69, 9.17) is 9.47 Å². The van der Waals surface area contributed by atoms with Gasteiger partial charge in [0.25, 0.3) is 5.91 Å². The predicted molar refractivity (Wildman–Crippen MR) is 103 cm³/mol. The van der Waals surface area contributed by atoms with E-state index in [0.29, 0.717) is 11.3 Å². The van der Waals surface area contributed by atoms with Gasteiger partial charge in [0.15, 0.2) is 12.4 Å². The molecule has 0 saturated heterocycles. The first-order valence-electron chi connectivity index (χ1n) is 7.13. The third kappa shape index (κ3) is 5.27. The molecule has 0 radical (unpaired) electrons. The van der Waals surface area contributed by atoms with Crippen molar-refractivity contribution in [2.24, 2.45) is 5.10 Å². The first kappa shape index (κ1) is 19.9. The SMILES string of the molecule is COc1c(Br)cc(C=NNC(=O)COc2ccccc2[N+](=O)[O-])cc1Br. The zero-order valence-electron chi connectivity index (χ0n) is 13.4. The van der Waals surface area contributed by atoms with Crippen molar-refractivity contribution in [2.45, 2.75) is 0 Å². The third-order valence-electron chi connectivity index (χ3n) is 3.05. The molecule has 0 aliphatic carbocycles. The van der Waals surface area contributed by atoms with Crippen LogP contribution in [0.15, 0.2) is 50.4 Å². The Labute approximate surface area is 165 Å². The maximum Gasteiger partial charge on any atom is 0.310 e. The average Bonchev–Trinajstić information content (AvgIpc) is 2.60. The number of hydrogen-bond donors (Lipinski definition) is 1. The fourth-order valence-corrected chi connectivity index (χ4v) is 3.48. The number of hydrogen-bond acceptors (Lipinski definition) is 6. The van der Waals surface area contributed by atoms with Crippen molar-refractivity contribution < 1.29 is 19.2 Å². The number of nitro benzene ring substituents is 1. The molecule has 1 N–H and O–H groups in total. The largest absolute Gasteiger partial charge is 0.494 e. The number of nitrogens with zero attached hydrogens (tertiary/aromatic N) is 2. The van der Waals surface area contributed by atoms with Crippen LogP contribution in [0.4, 0.5) is 5.69 Å². The second-order valence-electron chi connectivity index (χ2n) is 4.82. The van der Waals surface area contributed by atoms with Crippen LogP contribution in [0.1, 0.15) is 5.56 Å². The molecule has 136 valence electrons. The van der Waals surface area contributed by atoms with Gasteiger partial charge >= 0.3 is 5.69 Å². The van der Waals surface area contributed by atoms with Crippen molar-refractivity contribution in [3.8, 4) is 11.5 Å². The maximum absolute atomic E-state index is 11.8. The fourth-order valence-electron chi connectivity index (χ4n) is 1.93. The van der Waals surface area contributed by atoms with Crippen LogP contribution < -0.4 is 14.9 Å². The Morgan fingerprint density at radius 2 is 1.96 bits per heavy atom. The number of amides is 1. The number of carbonyl (C=O) groups excluding carboxylic acids is 1. The molecule has 0 saturated carbocycles. The lowest BCUT2D eigenvalue weighted by atomic mass is 10.2. The van der Waals surface area contributed by atoms with Gasteiger partial charge in [-0.3, -0.25) is 14.9 Å². The van der Waals surface area contributed by atoms with Crippen LogP contribution in [0.3, 0.4) is 0 Å². The summed E-state index contributed by atoms with van der Waals surface area (Å²) in [6.45, 7) is -0.405. The van der Waals surface area contributed by atoms with E-state index < -0.39 is 17.4 Å². The number of rotatable bonds is 7. The summed E-state index contributed by atoms with van der Waals surface area (Å²) in [4.78, 5) is 22.1. The summed E-state index contributed by atoms with van der Waals surface area (Å²) in [6.07, 6.45) is 1.44. The van der Waals surface area contributed by atoms with Gasteiger partial charge in [-0.25, -0.2) is 5.43 Å². The van der Waals surface area contributed by atoms with Crippen molar-refractivity contribution in [2.75, 3.05) is 13.7 Å². The highest BCUT2D eigenvalue weighted by Crippen LogP contribution is 2.33. The standard InChI is InChI=1S/C16H13Br2N3O5/c1-25-16-11(17)6-10(7-12(16)18)8-19-20-15(22)9-26-14-5-3-2-4-13(14)21(23)24/h2-8H,9H2,1H3,(H,20,22). The lowest BCUT2D eigenvalue weighted by Gasteiger charge is -2.07. The molecule has 2 aromatic rings. The van der Waals surface area contributed by atoms with E-state index in [1.54, 1.807) is 25.3 Å². The van der Waals surface area contributed by atoms with Gasteiger partial charge in [-0.2, -0.15) is 5.10 Å². The average molecular weight is 487 g/mol. The van der Waals surface area contributed by atoms with Crippen LogP contribution in [0, 0.1) is 10.1 Å². The van der Waals surface area contributed by atoms with Gasteiger partial charge in [-0.1, -0.05) is 12.1 Å². The minimum Gasteiger partial charge on any atom is -0.494 e. The minimum atomic E-state index is -0.579. The molecule has 0 heterocycles. The molecule has 0 fully saturated rings. The highest BCUT2D eigenvalue weighted by Gasteiger charge is 2.14. The van der Waals surface area contributed by atoms with Gasteiger partial charge in [0, 0.05) is 6.07 Å². The molecule has 0 bridgehead atoms. The van der Waals surface area contributed by atoms with Crippen molar-refractivity contribution >= 4 is 49.7 Å². The Morgan fingerprint density at radius 3 is 2.58 bits per heavy atom. The minimum absolute atomic E-state index is 0.0136.